The SMILES string of the molecule is O=P1(c2ccccc2)c2ccccc2-c2ccc3c4ccccc4n(-c4ccc5c(-c6ccccc6)c6ccccc6c(-c6ccccc6)c5c4)c3c21. The van der Waals surface area contributed by atoms with Crippen molar-refractivity contribution in [1.82, 2.24) is 4.57 Å². The average molecular weight is 694 g/mol. The van der Waals surface area contributed by atoms with Crippen molar-refractivity contribution in [2.75, 3.05) is 0 Å². The quantitative estimate of drug-likeness (QED) is 0.133. The van der Waals surface area contributed by atoms with Gasteiger partial charge in [0.25, 0.3) is 0 Å². The molecule has 1 aliphatic heterocycles. The van der Waals surface area contributed by atoms with Gasteiger partial charge < -0.3 is 9.13 Å². The first-order valence-corrected chi connectivity index (χ1v) is 19.8. The van der Waals surface area contributed by atoms with Crippen LogP contribution in [0.1, 0.15) is 0 Å². The zero-order chi connectivity index (χ0) is 35.1. The summed E-state index contributed by atoms with van der Waals surface area (Å²) in [5.74, 6) is 0. The van der Waals surface area contributed by atoms with Gasteiger partial charge in [-0.1, -0.05) is 176 Å². The molecule has 0 fully saturated rings. The first-order chi connectivity index (χ1) is 26.2. The van der Waals surface area contributed by atoms with Crippen LogP contribution in [-0.4, -0.2) is 4.57 Å². The van der Waals surface area contributed by atoms with Crippen molar-refractivity contribution in [3.05, 3.63) is 194 Å². The van der Waals surface area contributed by atoms with Crippen LogP contribution in [0.15, 0.2) is 194 Å². The van der Waals surface area contributed by atoms with E-state index in [1.165, 1.54) is 43.8 Å². The average Bonchev–Trinajstić information content (AvgIpc) is 3.70. The topological polar surface area (TPSA) is 22.0 Å². The Bertz CT molecular complexity index is 3130. The maximum atomic E-state index is 16.1. The van der Waals surface area contributed by atoms with Crippen LogP contribution in [0.3, 0.4) is 0 Å². The molecule has 9 aromatic carbocycles. The van der Waals surface area contributed by atoms with E-state index < -0.39 is 7.14 Å². The van der Waals surface area contributed by atoms with E-state index >= 15 is 4.57 Å². The van der Waals surface area contributed by atoms with Crippen molar-refractivity contribution in [3.63, 3.8) is 0 Å². The minimum atomic E-state index is -3.26. The third-order valence-electron chi connectivity index (χ3n) is 11.2. The molecule has 53 heavy (non-hydrogen) atoms. The van der Waals surface area contributed by atoms with E-state index in [0.717, 1.165) is 54.5 Å². The molecular weight excluding hydrogens is 662 g/mol. The third kappa shape index (κ3) is 4.25. The maximum absolute atomic E-state index is 16.1. The van der Waals surface area contributed by atoms with E-state index in [-0.39, 0.29) is 0 Å². The lowest BCUT2D eigenvalue weighted by Gasteiger charge is -2.20. The monoisotopic (exact) mass is 693 g/mol. The number of hydrogen-bond acceptors (Lipinski definition) is 1. The molecular formula is C50H32NOP. The first-order valence-electron chi connectivity index (χ1n) is 18.1. The summed E-state index contributed by atoms with van der Waals surface area (Å²) in [5, 5.41) is 9.77. The van der Waals surface area contributed by atoms with Crippen LogP contribution < -0.4 is 15.9 Å². The van der Waals surface area contributed by atoms with Crippen molar-refractivity contribution in [1.29, 1.82) is 0 Å². The molecule has 11 rings (SSSR count). The number of hydrogen-bond donors (Lipinski definition) is 0. The molecule has 0 amide bonds. The molecule has 10 aromatic rings. The molecule has 0 spiro atoms. The summed E-state index contributed by atoms with van der Waals surface area (Å²) < 4.78 is 18.5. The summed E-state index contributed by atoms with van der Waals surface area (Å²) in [6.07, 6.45) is 0. The van der Waals surface area contributed by atoms with Crippen LogP contribution in [0.25, 0.3) is 82.4 Å². The molecule has 0 saturated carbocycles. The van der Waals surface area contributed by atoms with Crippen LogP contribution in [0, 0.1) is 0 Å². The van der Waals surface area contributed by atoms with Gasteiger partial charge in [0.1, 0.15) is 0 Å². The van der Waals surface area contributed by atoms with E-state index in [1.54, 1.807) is 0 Å². The number of aromatic nitrogens is 1. The number of fused-ring (bicyclic) bond motifs is 9. The van der Waals surface area contributed by atoms with Gasteiger partial charge in [-0.3, -0.25) is 0 Å². The van der Waals surface area contributed by atoms with Gasteiger partial charge in [0, 0.05) is 27.1 Å². The van der Waals surface area contributed by atoms with Crippen LogP contribution in [0.4, 0.5) is 0 Å². The lowest BCUT2D eigenvalue weighted by Crippen LogP contribution is -2.22. The highest BCUT2D eigenvalue weighted by atomic mass is 31.2. The predicted molar refractivity (Wildman–Crippen MR) is 225 cm³/mol. The van der Waals surface area contributed by atoms with E-state index in [1.807, 2.05) is 36.4 Å². The Hall–Kier alpha value is -6.47. The Kier molecular flexibility index (Phi) is 6.56. The molecule has 1 unspecified atom stereocenters. The normalized spacial score (nSPS) is 14.9. The Morgan fingerprint density at radius 1 is 0.396 bits per heavy atom. The smallest absolute Gasteiger partial charge is 0.174 e. The molecule has 3 heteroatoms. The molecule has 0 aliphatic carbocycles. The molecule has 1 aliphatic rings. The fourth-order valence-corrected chi connectivity index (χ4v) is 12.2. The Labute approximate surface area is 307 Å². The number of rotatable bonds is 4. The molecule has 1 atom stereocenters. The van der Waals surface area contributed by atoms with Crippen molar-refractivity contribution >= 4 is 66.4 Å². The van der Waals surface area contributed by atoms with E-state index in [9.17, 15) is 0 Å². The van der Waals surface area contributed by atoms with Crippen LogP contribution in [-0.2, 0) is 4.57 Å². The van der Waals surface area contributed by atoms with Gasteiger partial charge in [-0.15, -0.1) is 0 Å². The van der Waals surface area contributed by atoms with Crippen molar-refractivity contribution in [3.8, 4) is 39.1 Å². The summed E-state index contributed by atoms with van der Waals surface area (Å²) in [4.78, 5) is 0. The Balaban J connectivity index is 1.31. The highest BCUT2D eigenvalue weighted by Gasteiger charge is 2.42. The standard InChI is InChI=1S/C50H32NOP/c52-53(36-20-8-3-9-21-36)46-27-15-13-23-38(46)43-31-30-42-37-22-12-14-26-45(37)51(49(42)50(43)53)35-28-29-41-44(32-35)48(34-18-6-2-7-19-34)40-25-11-10-24-39(40)47(41)33-16-4-1-5-17-33/h1-32H. The number of para-hydroxylation sites is 1. The Morgan fingerprint density at radius 3 is 1.62 bits per heavy atom. The molecule has 0 bridgehead atoms. The lowest BCUT2D eigenvalue weighted by molar-refractivity contribution is 0.593. The number of benzene rings is 9. The maximum Gasteiger partial charge on any atom is 0.174 e. The minimum Gasteiger partial charge on any atom is -0.309 e. The zero-order valence-corrected chi connectivity index (χ0v) is 29.7. The molecule has 248 valence electrons. The molecule has 2 nitrogen and oxygen atoms in total. The fraction of sp³-hybridized carbons (Fsp3) is 0. The second kappa shape index (κ2) is 11.5. The van der Waals surface area contributed by atoms with Crippen LogP contribution in [0.5, 0.6) is 0 Å². The summed E-state index contributed by atoms with van der Waals surface area (Å²) >= 11 is 0. The molecule has 0 N–H and O–H groups in total. The molecule has 0 radical (unpaired) electrons. The Morgan fingerprint density at radius 2 is 0.925 bits per heavy atom. The van der Waals surface area contributed by atoms with Gasteiger partial charge in [0.2, 0.25) is 0 Å². The van der Waals surface area contributed by atoms with Gasteiger partial charge in [-0.25, -0.2) is 0 Å². The lowest BCUT2D eigenvalue weighted by atomic mass is 9.86. The highest BCUT2D eigenvalue weighted by Crippen LogP contribution is 2.55. The van der Waals surface area contributed by atoms with Crippen LogP contribution in [0.2, 0.25) is 0 Å². The summed E-state index contributed by atoms with van der Waals surface area (Å²) in [6.45, 7) is 0. The second-order valence-corrected chi connectivity index (χ2v) is 16.6. The minimum absolute atomic E-state index is 0.861. The largest absolute Gasteiger partial charge is 0.309 e. The van der Waals surface area contributed by atoms with E-state index in [4.69, 9.17) is 0 Å². The summed E-state index contributed by atoms with van der Waals surface area (Å²) in [5.41, 5.74) is 10.1. The first kappa shape index (κ1) is 30.2. The van der Waals surface area contributed by atoms with Gasteiger partial charge in [0.05, 0.1) is 16.3 Å². The summed E-state index contributed by atoms with van der Waals surface area (Å²) in [7, 11) is -3.26. The zero-order valence-electron chi connectivity index (χ0n) is 28.8. The van der Waals surface area contributed by atoms with Crippen LogP contribution >= 0.6 is 7.14 Å². The van der Waals surface area contributed by atoms with Gasteiger partial charge in [-0.2, -0.15) is 0 Å². The second-order valence-electron chi connectivity index (χ2n) is 13.9. The van der Waals surface area contributed by atoms with Gasteiger partial charge >= 0.3 is 0 Å². The predicted octanol–water partition coefficient (Wildman–Crippen LogP) is 12.0. The molecule has 0 saturated heterocycles. The van der Waals surface area contributed by atoms with Gasteiger partial charge in [-0.05, 0) is 73.1 Å². The third-order valence-corrected chi connectivity index (χ3v) is 14.3. The van der Waals surface area contributed by atoms with E-state index in [0.29, 0.717) is 0 Å². The summed E-state index contributed by atoms with van der Waals surface area (Å²) in [6, 6.07) is 68.7. The number of nitrogens with zero attached hydrogens (tertiary/aromatic N) is 1. The van der Waals surface area contributed by atoms with Crippen molar-refractivity contribution < 1.29 is 4.57 Å². The van der Waals surface area contributed by atoms with Crippen molar-refractivity contribution in [2.24, 2.45) is 0 Å². The van der Waals surface area contributed by atoms with E-state index in [2.05, 4.69) is 162 Å². The van der Waals surface area contributed by atoms with Gasteiger partial charge in [0.15, 0.2) is 7.14 Å². The molecule has 2 heterocycles. The molecule has 1 aromatic heterocycles. The fourth-order valence-electron chi connectivity index (χ4n) is 8.98. The highest BCUT2D eigenvalue weighted by molar-refractivity contribution is 7.86. The van der Waals surface area contributed by atoms with Crippen molar-refractivity contribution in [2.45, 2.75) is 0 Å².